The summed E-state index contributed by atoms with van der Waals surface area (Å²) in [5.41, 5.74) is 2.70. The lowest BCUT2D eigenvalue weighted by Gasteiger charge is -2.37. The number of cyclic esters (lactones) is 1. The Morgan fingerprint density at radius 2 is 1.82 bits per heavy atom. The van der Waals surface area contributed by atoms with Crippen LogP contribution >= 0.6 is 0 Å². The van der Waals surface area contributed by atoms with Gasteiger partial charge in [0.25, 0.3) is 5.91 Å². The Balaban J connectivity index is 1.21. The first-order chi connectivity index (χ1) is 23.5. The Morgan fingerprint density at radius 1 is 1.08 bits per heavy atom. The highest BCUT2D eigenvalue weighted by atomic mass is 28.4. The van der Waals surface area contributed by atoms with Gasteiger partial charge in [0.15, 0.2) is 5.60 Å². The molecule has 4 heterocycles. The predicted molar refractivity (Wildman–Crippen MR) is 184 cm³/mol. The van der Waals surface area contributed by atoms with E-state index in [2.05, 4.69) is 0 Å². The van der Waals surface area contributed by atoms with Gasteiger partial charge in [-0.3, -0.25) is 14.5 Å². The standard InChI is InChI=1S/C37H42FN3O7Si/c1-23-34(49(3,4)38)32(19-33(43)40-21-26-8-6-5-7-25(26)17-28(40)22-42)48-37(23)30-18-29(46-2)13-14-31(30)41(35(37)44)20-24-9-11-27(12-10-24)39-15-16-47-36(39)45/h5-14,18,23,28,32,34,42H,15-17,19-22H2,1-4H3/t23-,28-,32+,34-,37+/m0/s1. The quantitative estimate of drug-likeness (QED) is 0.253. The number of carbonyl (C=O) groups is 3. The minimum absolute atomic E-state index is 0.108. The smallest absolute Gasteiger partial charge is 0.414 e. The average Bonchev–Trinajstić information content (AvgIpc) is 3.72. The number of halogens is 1. The van der Waals surface area contributed by atoms with Gasteiger partial charge in [-0.1, -0.05) is 43.3 Å². The zero-order chi connectivity index (χ0) is 34.7. The van der Waals surface area contributed by atoms with E-state index in [-0.39, 0.29) is 31.4 Å². The minimum Gasteiger partial charge on any atom is -0.497 e. The Kier molecular flexibility index (Phi) is 8.52. The fraction of sp³-hybridized carbons (Fsp3) is 0.432. The summed E-state index contributed by atoms with van der Waals surface area (Å²) in [5.74, 6) is -0.592. The van der Waals surface area contributed by atoms with Crippen molar-refractivity contribution in [3.05, 3.63) is 89.0 Å². The number of amides is 3. The third-order valence-electron chi connectivity index (χ3n) is 10.8. The number of hydrogen-bond donors (Lipinski definition) is 1. The molecule has 1 spiro atoms. The molecular formula is C37H42FN3O7Si. The summed E-state index contributed by atoms with van der Waals surface area (Å²) in [5, 5.41) is 10.2. The molecule has 7 rings (SSSR count). The van der Waals surface area contributed by atoms with Crippen molar-refractivity contribution in [2.75, 3.05) is 36.7 Å². The van der Waals surface area contributed by atoms with E-state index >= 15 is 4.11 Å². The topological polar surface area (TPSA) is 109 Å². The van der Waals surface area contributed by atoms with Gasteiger partial charge in [-0.05, 0) is 66.5 Å². The fourth-order valence-electron chi connectivity index (χ4n) is 8.43. The Hall–Kier alpha value is -4.26. The highest BCUT2D eigenvalue weighted by molar-refractivity contribution is 6.72. The second-order valence-corrected chi connectivity index (χ2v) is 17.8. The number of nitrogens with zero attached hydrogens (tertiary/aromatic N) is 3. The molecule has 0 aromatic heterocycles. The zero-order valence-corrected chi connectivity index (χ0v) is 29.2. The molecule has 10 nitrogen and oxygen atoms in total. The molecule has 2 saturated heterocycles. The Bertz CT molecular complexity index is 1780. The molecule has 5 atom stereocenters. The second kappa shape index (κ2) is 12.6. The first-order valence-corrected chi connectivity index (χ1v) is 19.8. The summed E-state index contributed by atoms with van der Waals surface area (Å²) in [4.78, 5) is 45.9. The van der Waals surface area contributed by atoms with E-state index in [1.54, 1.807) is 47.0 Å². The highest BCUT2D eigenvalue weighted by Gasteiger charge is 2.67. The van der Waals surface area contributed by atoms with Crippen molar-refractivity contribution in [1.82, 2.24) is 4.90 Å². The number of rotatable bonds is 8. The van der Waals surface area contributed by atoms with Crippen LogP contribution in [0.5, 0.6) is 5.75 Å². The van der Waals surface area contributed by atoms with E-state index in [0.29, 0.717) is 48.8 Å². The van der Waals surface area contributed by atoms with Gasteiger partial charge in [0, 0.05) is 29.3 Å². The molecule has 1 N–H and O–H groups in total. The monoisotopic (exact) mass is 687 g/mol. The largest absolute Gasteiger partial charge is 0.497 e. The van der Waals surface area contributed by atoms with Crippen LogP contribution in [0.1, 0.15) is 35.6 Å². The van der Waals surface area contributed by atoms with E-state index in [9.17, 15) is 19.5 Å². The van der Waals surface area contributed by atoms with Crippen molar-refractivity contribution in [3.63, 3.8) is 0 Å². The average molecular weight is 688 g/mol. The van der Waals surface area contributed by atoms with Gasteiger partial charge in [0.2, 0.25) is 14.3 Å². The molecule has 3 aromatic carbocycles. The van der Waals surface area contributed by atoms with Crippen LogP contribution in [0.4, 0.5) is 20.3 Å². The lowest BCUT2D eigenvalue weighted by molar-refractivity contribution is -0.151. The normalized spacial score (nSPS) is 26.3. The van der Waals surface area contributed by atoms with Gasteiger partial charge in [0.1, 0.15) is 12.4 Å². The summed E-state index contributed by atoms with van der Waals surface area (Å²) >= 11 is 0. The van der Waals surface area contributed by atoms with E-state index in [1.165, 1.54) is 0 Å². The molecule has 3 amide bonds. The van der Waals surface area contributed by atoms with Crippen LogP contribution in [-0.4, -0.2) is 75.3 Å². The SMILES string of the molecule is COc1ccc2c(c1)[C@@]1(O[C@H](CC(=O)N3Cc4ccccc4C[C@H]3CO)[C@@H]([Si](C)(C)F)[C@@H]1C)C(=O)N2Cc1ccc(N2CCOC2=O)cc1. The molecule has 0 aliphatic carbocycles. The van der Waals surface area contributed by atoms with Gasteiger partial charge in [-0.2, -0.15) is 0 Å². The van der Waals surface area contributed by atoms with Crippen LogP contribution < -0.4 is 14.5 Å². The van der Waals surface area contributed by atoms with Crippen molar-refractivity contribution in [2.45, 2.75) is 69.2 Å². The highest BCUT2D eigenvalue weighted by Crippen LogP contribution is 2.60. The van der Waals surface area contributed by atoms with E-state index in [4.69, 9.17) is 14.2 Å². The molecule has 49 heavy (non-hydrogen) atoms. The maximum Gasteiger partial charge on any atom is 0.414 e. The molecule has 0 unspecified atom stereocenters. The fourth-order valence-corrected chi connectivity index (χ4v) is 10.9. The molecule has 258 valence electrons. The number of aliphatic hydroxyl groups excluding tert-OH is 1. The van der Waals surface area contributed by atoms with Crippen LogP contribution in [0.3, 0.4) is 0 Å². The molecule has 0 saturated carbocycles. The summed E-state index contributed by atoms with van der Waals surface area (Å²) in [6.07, 6.45) is -0.824. The Morgan fingerprint density at radius 3 is 2.47 bits per heavy atom. The lowest BCUT2D eigenvalue weighted by Crippen LogP contribution is -2.48. The third kappa shape index (κ3) is 5.59. The maximum atomic E-state index is 16.5. The van der Waals surface area contributed by atoms with Gasteiger partial charge in [0.05, 0.1) is 51.1 Å². The van der Waals surface area contributed by atoms with E-state index < -0.39 is 43.7 Å². The summed E-state index contributed by atoms with van der Waals surface area (Å²) in [7, 11) is -1.98. The van der Waals surface area contributed by atoms with Crippen molar-refractivity contribution in [1.29, 1.82) is 0 Å². The number of benzene rings is 3. The number of carbonyl (C=O) groups excluding carboxylic acids is 3. The first-order valence-electron chi connectivity index (χ1n) is 16.8. The number of ether oxygens (including phenoxy) is 3. The van der Waals surface area contributed by atoms with Crippen molar-refractivity contribution >= 4 is 37.7 Å². The number of anilines is 2. The van der Waals surface area contributed by atoms with Gasteiger partial charge in [-0.25, -0.2) is 4.79 Å². The number of fused-ring (bicyclic) bond motifs is 3. The molecular weight excluding hydrogens is 646 g/mol. The van der Waals surface area contributed by atoms with Crippen LogP contribution in [0.25, 0.3) is 0 Å². The van der Waals surface area contributed by atoms with Crippen molar-refractivity contribution < 1.29 is 37.8 Å². The van der Waals surface area contributed by atoms with Crippen LogP contribution in [0, 0.1) is 5.92 Å². The van der Waals surface area contributed by atoms with Crippen molar-refractivity contribution in [3.8, 4) is 5.75 Å². The van der Waals surface area contributed by atoms with Crippen LogP contribution in [0.2, 0.25) is 18.6 Å². The van der Waals surface area contributed by atoms with Crippen molar-refractivity contribution in [2.24, 2.45) is 5.92 Å². The number of methoxy groups -OCH3 is 1. The van der Waals surface area contributed by atoms with Gasteiger partial charge < -0.3 is 33.2 Å². The van der Waals surface area contributed by atoms with E-state index in [0.717, 1.165) is 16.7 Å². The summed E-state index contributed by atoms with van der Waals surface area (Å²) in [6.45, 7) is 6.28. The van der Waals surface area contributed by atoms with Crippen LogP contribution in [-0.2, 0) is 44.2 Å². The lowest BCUT2D eigenvalue weighted by atomic mass is 9.82. The predicted octanol–water partition coefficient (Wildman–Crippen LogP) is 5.31. The minimum atomic E-state index is -3.53. The molecule has 0 bridgehead atoms. The molecule has 4 aliphatic rings. The van der Waals surface area contributed by atoms with Gasteiger partial charge >= 0.3 is 6.09 Å². The first kappa shape index (κ1) is 33.2. The second-order valence-electron chi connectivity index (χ2n) is 14.0. The summed E-state index contributed by atoms with van der Waals surface area (Å²) < 4.78 is 33.9. The maximum absolute atomic E-state index is 16.5. The summed E-state index contributed by atoms with van der Waals surface area (Å²) in [6, 6.07) is 20.3. The molecule has 0 radical (unpaired) electrons. The van der Waals surface area contributed by atoms with Crippen LogP contribution in [0.15, 0.2) is 66.7 Å². The zero-order valence-electron chi connectivity index (χ0n) is 28.2. The molecule has 4 aliphatic heterocycles. The number of aliphatic hydroxyl groups is 1. The molecule has 12 heteroatoms. The third-order valence-corrected chi connectivity index (χ3v) is 13.2. The number of hydrogen-bond acceptors (Lipinski definition) is 7. The van der Waals surface area contributed by atoms with E-state index in [1.807, 2.05) is 61.5 Å². The Labute approximate surface area is 286 Å². The molecule has 3 aromatic rings. The van der Waals surface area contributed by atoms with Gasteiger partial charge in [-0.15, -0.1) is 0 Å². The molecule has 2 fully saturated rings.